The fourth-order valence-electron chi connectivity index (χ4n) is 3.38. The highest BCUT2D eigenvalue weighted by molar-refractivity contribution is 7.89. The van der Waals surface area contributed by atoms with Crippen LogP contribution in [0.4, 0.5) is 0 Å². The molecule has 2 saturated heterocycles. The highest BCUT2D eigenvalue weighted by Crippen LogP contribution is 2.35. The van der Waals surface area contributed by atoms with Crippen LogP contribution in [0.2, 0.25) is 0 Å². The van der Waals surface area contributed by atoms with E-state index in [0.717, 1.165) is 32.7 Å². The summed E-state index contributed by atoms with van der Waals surface area (Å²) < 4.78 is 28.1. The van der Waals surface area contributed by atoms with Gasteiger partial charge in [0, 0.05) is 19.6 Å². The van der Waals surface area contributed by atoms with E-state index in [1.165, 1.54) is 25.0 Å². The molecule has 3 rings (SSSR count). The normalized spacial score (nSPS) is 24.7. The third-order valence-corrected chi connectivity index (χ3v) is 5.61. The molecule has 23 heavy (non-hydrogen) atoms. The number of nitrogens with one attached hydrogen (secondary N) is 1. The molecule has 0 bridgehead atoms. The smallest absolute Gasteiger partial charge is 0.238 e. The maximum Gasteiger partial charge on any atom is 0.238 e. The lowest BCUT2D eigenvalue weighted by Gasteiger charge is -2.22. The van der Waals surface area contributed by atoms with E-state index in [9.17, 15) is 8.42 Å². The molecule has 3 N–H and O–H groups in total. The molecule has 1 unspecified atom stereocenters. The molecule has 6 nitrogen and oxygen atoms in total. The molecule has 0 saturated carbocycles. The SMILES string of the molecule is Cl.NS(=O)(=O)c1ccc(OCCN2CCC3(CCNC3)C2)cc1. The van der Waals surface area contributed by atoms with Crippen molar-refractivity contribution in [2.24, 2.45) is 10.6 Å². The Kier molecular flexibility index (Phi) is 5.91. The largest absolute Gasteiger partial charge is 0.492 e. The number of likely N-dealkylation sites (tertiary alicyclic amines) is 1. The molecule has 2 aliphatic rings. The van der Waals surface area contributed by atoms with Crippen molar-refractivity contribution in [2.75, 3.05) is 39.3 Å². The maximum absolute atomic E-state index is 11.2. The summed E-state index contributed by atoms with van der Waals surface area (Å²) in [7, 11) is -3.64. The molecular formula is C15H24ClN3O3S. The lowest BCUT2D eigenvalue weighted by atomic mass is 9.87. The highest BCUT2D eigenvalue weighted by atomic mass is 35.5. The zero-order valence-corrected chi connectivity index (χ0v) is 14.7. The van der Waals surface area contributed by atoms with Crippen molar-refractivity contribution in [3.8, 4) is 5.75 Å². The molecule has 0 radical (unpaired) electrons. The summed E-state index contributed by atoms with van der Waals surface area (Å²) >= 11 is 0. The van der Waals surface area contributed by atoms with Gasteiger partial charge in [-0.1, -0.05) is 0 Å². The maximum atomic E-state index is 11.2. The summed E-state index contributed by atoms with van der Waals surface area (Å²) in [5.74, 6) is 0.670. The van der Waals surface area contributed by atoms with E-state index in [1.807, 2.05) is 0 Å². The third-order valence-electron chi connectivity index (χ3n) is 4.68. The second-order valence-corrected chi connectivity index (χ2v) is 7.88. The first-order valence-corrected chi connectivity index (χ1v) is 9.20. The molecule has 0 aliphatic carbocycles. The number of benzene rings is 1. The number of ether oxygens (including phenoxy) is 1. The molecule has 1 spiro atoms. The Morgan fingerprint density at radius 2 is 2.00 bits per heavy atom. The van der Waals surface area contributed by atoms with Gasteiger partial charge < -0.3 is 10.1 Å². The van der Waals surface area contributed by atoms with Crippen molar-refractivity contribution in [1.82, 2.24) is 10.2 Å². The van der Waals surface area contributed by atoms with E-state index in [-0.39, 0.29) is 17.3 Å². The van der Waals surface area contributed by atoms with Gasteiger partial charge in [-0.05, 0) is 55.6 Å². The summed E-state index contributed by atoms with van der Waals surface area (Å²) in [6.45, 7) is 6.07. The Balaban J connectivity index is 0.00000192. The van der Waals surface area contributed by atoms with Crippen molar-refractivity contribution in [2.45, 2.75) is 17.7 Å². The van der Waals surface area contributed by atoms with Crippen molar-refractivity contribution in [3.05, 3.63) is 24.3 Å². The monoisotopic (exact) mass is 361 g/mol. The van der Waals surface area contributed by atoms with Crippen LogP contribution in [0.15, 0.2) is 29.2 Å². The molecule has 2 fully saturated rings. The lowest BCUT2D eigenvalue weighted by Crippen LogP contribution is -2.31. The summed E-state index contributed by atoms with van der Waals surface area (Å²) in [6.07, 6.45) is 2.54. The molecule has 1 atom stereocenters. The molecule has 0 aromatic heterocycles. The van der Waals surface area contributed by atoms with Crippen LogP contribution in [-0.4, -0.2) is 52.6 Å². The van der Waals surface area contributed by atoms with E-state index in [0.29, 0.717) is 17.8 Å². The predicted molar refractivity (Wildman–Crippen MR) is 91.5 cm³/mol. The van der Waals surface area contributed by atoms with E-state index < -0.39 is 10.0 Å². The van der Waals surface area contributed by atoms with Gasteiger partial charge in [0.15, 0.2) is 0 Å². The Morgan fingerprint density at radius 3 is 2.61 bits per heavy atom. The summed E-state index contributed by atoms with van der Waals surface area (Å²) in [5.41, 5.74) is 0.483. The predicted octanol–water partition coefficient (Wildman–Crippen LogP) is 0.820. The number of primary sulfonamides is 1. The number of nitrogens with zero attached hydrogens (tertiary/aromatic N) is 1. The van der Waals surface area contributed by atoms with Gasteiger partial charge in [-0.3, -0.25) is 4.90 Å². The van der Waals surface area contributed by atoms with Crippen molar-refractivity contribution < 1.29 is 13.2 Å². The van der Waals surface area contributed by atoms with Gasteiger partial charge in [-0.2, -0.15) is 0 Å². The van der Waals surface area contributed by atoms with Crippen molar-refractivity contribution in [3.63, 3.8) is 0 Å². The van der Waals surface area contributed by atoms with E-state index in [2.05, 4.69) is 10.2 Å². The number of halogens is 1. The third kappa shape index (κ3) is 4.58. The van der Waals surface area contributed by atoms with Gasteiger partial charge in [0.1, 0.15) is 12.4 Å². The fourth-order valence-corrected chi connectivity index (χ4v) is 3.90. The molecule has 2 heterocycles. The zero-order valence-electron chi connectivity index (χ0n) is 13.0. The number of sulfonamides is 1. The van der Waals surface area contributed by atoms with Crippen LogP contribution >= 0.6 is 12.4 Å². The molecule has 2 aliphatic heterocycles. The number of rotatable bonds is 5. The first-order valence-electron chi connectivity index (χ1n) is 7.66. The second kappa shape index (κ2) is 7.36. The zero-order chi connectivity index (χ0) is 15.6. The minimum Gasteiger partial charge on any atom is -0.492 e. The lowest BCUT2D eigenvalue weighted by molar-refractivity contribution is 0.217. The summed E-state index contributed by atoms with van der Waals surface area (Å²) in [4.78, 5) is 2.56. The van der Waals surface area contributed by atoms with E-state index >= 15 is 0 Å². The van der Waals surface area contributed by atoms with Gasteiger partial charge in [-0.25, -0.2) is 13.6 Å². The van der Waals surface area contributed by atoms with Gasteiger partial charge in [0.2, 0.25) is 10.0 Å². The molecular weight excluding hydrogens is 338 g/mol. The number of hydrogen-bond donors (Lipinski definition) is 2. The van der Waals surface area contributed by atoms with Crippen LogP contribution in [0.3, 0.4) is 0 Å². The molecule has 130 valence electrons. The average molecular weight is 362 g/mol. The van der Waals surface area contributed by atoms with Crippen molar-refractivity contribution >= 4 is 22.4 Å². The average Bonchev–Trinajstić information content (AvgIpc) is 3.09. The first-order chi connectivity index (χ1) is 10.5. The quantitative estimate of drug-likeness (QED) is 0.811. The van der Waals surface area contributed by atoms with Gasteiger partial charge in [-0.15, -0.1) is 12.4 Å². The van der Waals surface area contributed by atoms with Crippen LogP contribution in [0, 0.1) is 5.41 Å². The van der Waals surface area contributed by atoms with Crippen LogP contribution in [-0.2, 0) is 10.0 Å². The van der Waals surface area contributed by atoms with Gasteiger partial charge in [0.05, 0.1) is 4.90 Å². The molecule has 1 aromatic carbocycles. The minimum absolute atomic E-state index is 0. The van der Waals surface area contributed by atoms with Crippen LogP contribution in [0.25, 0.3) is 0 Å². The Hall–Kier alpha value is -0.860. The van der Waals surface area contributed by atoms with Crippen LogP contribution in [0.5, 0.6) is 5.75 Å². The fraction of sp³-hybridized carbons (Fsp3) is 0.600. The van der Waals surface area contributed by atoms with Crippen molar-refractivity contribution in [1.29, 1.82) is 0 Å². The van der Waals surface area contributed by atoms with E-state index in [1.54, 1.807) is 12.1 Å². The second-order valence-electron chi connectivity index (χ2n) is 6.32. The van der Waals surface area contributed by atoms with Crippen LogP contribution < -0.4 is 15.2 Å². The number of nitrogens with two attached hydrogens (primary N) is 1. The molecule has 1 aromatic rings. The van der Waals surface area contributed by atoms with E-state index in [4.69, 9.17) is 9.88 Å². The Bertz CT molecular complexity index is 615. The van der Waals surface area contributed by atoms with Gasteiger partial charge >= 0.3 is 0 Å². The molecule has 8 heteroatoms. The Labute approximate surface area is 143 Å². The van der Waals surface area contributed by atoms with Crippen LogP contribution in [0.1, 0.15) is 12.8 Å². The summed E-state index contributed by atoms with van der Waals surface area (Å²) in [5, 5.41) is 8.52. The summed E-state index contributed by atoms with van der Waals surface area (Å²) in [6, 6.07) is 6.23. The Morgan fingerprint density at radius 1 is 1.26 bits per heavy atom. The highest BCUT2D eigenvalue weighted by Gasteiger charge is 2.39. The minimum atomic E-state index is -3.64. The topological polar surface area (TPSA) is 84.7 Å². The first kappa shape index (κ1) is 18.5. The standard InChI is InChI=1S/C15H23N3O3S.ClH/c16-22(19,20)14-3-1-13(2-4-14)21-10-9-18-8-6-15(12-18)5-7-17-11-15;/h1-4,17H,5-12H2,(H2,16,19,20);1H. The molecule has 0 amide bonds. The van der Waals surface area contributed by atoms with Gasteiger partial charge in [0.25, 0.3) is 0 Å². The number of hydrogen-bond acceptors (Lipinski definition) is 5.